The minimum atomic E-state index is 0.338. The van der Waals surface area contributed by atoms with Gasteiger partial charge < -0.3 is 5.73 Å². The molecule has 0 spiro atoms. The number of aromatic nitrogens is 2. The highest BCUT2D eigenvalue weighted by Gasteiger charge is 2.08. The molecule has 0 amide bonds. The van der Waals surface area contributed by atoms with Gasteiger partial charge in [-0.05, 0) is 31.7 Å². The summed E-state index contributed by atoms with van der Waals surface area (Å²) >= 11 is 0. The summed E-state index contributed by atoms with van der Waals surface area (Å²) in [7, 11) is 2.00. The van der Waals surface area contributed by atoms with E-state index in [0.29, 0.717) is 6.04 Å². The van der Waals surface area contributed by atoms with Crippen LogP contribution in [0.4, 0.5) is 0 Å². The lowest BCUT2D eigenvalue weighted by Crippen LogP contribution is -2.18. The van der Waals surface area contributed by atoms with Gasteiger partial charge in [-0.3, -0.25) is 4.68 Å². The smallest absolute Gasteiger partial charge is 0.0703 e. The largest absolute Gasteiger partial charge is 0.328 e. The molecule has 3 nitrogen and oxygen atoms in total. The maximum Gasteiger partial charge on any atom is 0.0703 e. The van der Waals surface area contributed by atoms with E-state index in [1.807, 2.05) is 11.7 Å². The minimum absolute atomic E-state index is 0.338. The van der Waals surface area contributed by atoms with E-state index in [4.69, 9.17) is 5.73 Å². The van der Waals surface area contributed by atoms with E-state index >= 15 is 0 Å². The Labute approximate surface area is 103 Å². The van der Waals surface area contributed by atoms with Crippen molar-refractivity contribution in [3.8, 4) is 0 Å². The molecule has 1 unspecified atom stereocenters. The monoisotopic (exact) mass is 231 g/mol. The maximum absolute atomic E-state index is 5.93. The average Bonchev–Trinajstić information content (AvgIpc) is 2.67. The Morgan fingerprint density at radius 2 is 2.12 bits per heavy atom. The normalized spacial score (nSPS) is 13.1. The first-order chi connectivity index (χ1) is 8.22. The Bertz CT molecular complexity index is 487. The van der Waals surface area contributed by atoms with Gasteiger partial charge in [0.05, 0.1) is 11.2 Å². The molecule has 1 aromatic heterocycles. The highest BCUT2D eigenvalue weighted by molar-refractivity contribution is 5.81. The average molecular weight is 231 g/mol. The van der Waals surface area contributed by atoms with Crippen LogP contribution in [0.3, 0.4) is 0 Å². The van der Waals surface area contributed by atoms with Gasteiger partial charge in [0.1, 0.15) is 0 Å². The van der Waals surface area contributed by atoms with Crippen LogP contribution in [0.15, 0.2) is 24.3 Å². The van der Waals surface area contributed by atoms with Crippen LogP contribution in [0.1, 0.15) is 31.9 Å². The molecule has 3 heteroatoms. The van der Waals surface area contributed by atoms with Crippen LogP contribution in [0.5, 0.6) is 0 Å². The number of nitrogens with two attached hydrogens (primary N) is 1. The molecular formula is C14H21N3. The summed E-state index contributed by atoms with van der Waals surface area (Å²) < 4.78 is 1.96. The van der Waals surface area contributed by atoms with E-state index in [1.165, 1.54) is 16.6 Å². The Balaban J connectivity index is 2.09. The fourth-order valence-corrected chi connectivity index (χ4v) is 2.21. The van der Waals surface area contributed by atoms with E-state index in [0.717, 1.165) is 25.7 Å². The number of aryl methyl sites for hydroxylation is 2. The zero-order valence-electron chi connectivity index (χ0n) is 10.7. The molecule has 0 aliphatic heterocycles. The summed E-state index contributed by atoms with van der Waals surface area (Å²) in [6, 6.07) is 8.73. The third-order valence-electron chi connectivity index (χ3n) is 3.35. The number of hydrogen-bond acceptors (Lipinski definition) is 2. The molecule has 0 aliphatic carbocycles. The second kappa shape index (κ2) is 5.32. The number of hydrogen-bond donors (Lipinski definition) is 1. The first kappa shape index (κ1) is 12.1. The molecule has 2 rings (SSSR count). The van der Waals surface area contributed by atoms with E-state index in [9.17, 15) is 0 Å². The molecule has 92 valence electrons. The van der Waals surface area contributed by atoms with Gasteiger partial charge in [0.25, 0.3) is 0 Å². The molecule has 1 heterocycles. The molecule has 1 aromatic carbocycles. The van der Waals surface area contributed by atoms with Crippen LogP contribution in [-0.2, 0) is 13.5 Å². The Morgan fingerprint density at radius 3 is 2.88 bits per heavy atom. The SMILES string of the molecule is CCC(N)CCCc1nn(C)c2ccccc12. The highest BCUT2D eigenvalue weighted by Crippen LogP contribution is 2.19. The number of fused-ring (bicyclic) bond motifs is 1. The highest BCUT2D eigenvalue weighted by atomic mass is 15.3. The van der Waals surface area contributed by atoms with Crippen LogP contribution in [0.25, 0.3) is 10.9 Å². The number of rotatable bonds is 5. The summed E-state index contributed by atoms with van der Waals surface area (Å²) in [6.45, 7) is 2.14. The van der Waals surface area contributed by atoms with Crippen molar-refractivity contribution < 1.29 is 0 Å². The van der Waals surface area contributed by atoms with Crippen LogP contribution in [0, 0.1) is 0 Å². The van der Waals surface area contributed by atoms with Crippen molar-refractivity contribution in [2.45, 2.75) is 38.6 Å². The van der Waals surface area contributed by atoms with E-state index in [1.54, 1.807) is 0 Å². The minimum Gasteiger partial charge on any atom is -0.328 e. The standard InChI is InChI=1S/C14H21N3/c1-3-11(15)7-6-9-13-12-8-4-5-10-14(12)17(2)16-13/h4-5,8,10-11H,3,6-7,9,15H2,1-2H3. The van der Waals surface area contributed by atoms with Gasteiger partial charge in [-0.25, -0.2) is 0 Å². The van der Waals surface area contributed by atoms with Crippen LogP contribution >= 0.6 is 0 Å². The summed E-state index contributed by atoms with van der Waals surface area (Å²) in [6.07, 6.45) is 4.29. The summed E-state index contributed by atoms with van der Waals surface area (Å²) in [5.74, 6) is 0. The molecular weight excluding hydrogens is 210 g/mol. The molecule has 17 heavy (non-hydrogen) atoms. The van der Waals surface area contributed by atoms with Crippen molar-refractivity contribution in [1.82, 2.24) is 9.78 Å². The van der Waals surface area contributed by atoms with E-state index < -0.39 is 0 Å². The van der Waals surface area contributed by atoms with Crippen LogP contribution in [-0.4, -0.2) is 15.8 Å². The molecule has 0 radical (unpaired) electrons. The summed E-state index contributed by atoms with van der Waals surface area (Å²) in [4.78, 5) is 0. The van der Waals surface area contributed by atoms with Crippen molar-refractivity contribution in [3.63, 3.8) is 0 Å². The van der Waals surface area contributed by atoms with Crippen molar-refractivity contribution in [2.24, 2.45) is 12.8 Å². The first-order valence-corrected chi connectivity index (χ1v) is 6.38. The van der Waals surface area contributed by atoms with Crippen molar-refractivity contribution >= 4 is 10.9 Å². The molecule has 0 fully saturated rings. The zero-order chi connectivity index (χ0) is 12.3. The van der Waals surface area contributed by atoms with Gasteiger partial charge in [0.15, 0.2) is 0 Å². The third-order valence-corrected chi connectivity index (χ3v) is 3.35. The van der Waals surface area contributed by atoms with Gasteiger partial charge in [-0.2, -0.15) is 5.10 Å². The topological polar surface area (TPSA) is 43.8 Å². The number of nitrogens with zero attached hydrogens (tertiary/aromatic N) is 2. The van der Waals surface area contributed by atoms with Gasteiger partial charge in [-0.15, -0.1) is 0 Å². The lowest BCUT2D eigenvalue weighted by Gasteiger charge is -2.06. The quantitative estimate of drug-likeness (QED) is 0.859. The fourth-order valence-electron chi connectivity index (χ4n) is 2.21. The zero-order valence-corrected chi connectivity index (χ0v) is 10.7. The van der Waals surface area contributed by atoms with Gasteiger partial charge in [0, 0.05) is 18.5 Å². The second-order valence-corrected chi connectivity index (χ2v) is 4.65. The fraction of sp³-hybridized carbons (Fsp3) is 0.500. The molecule has 0 bridgehead atoms. The van der Waals surface area contributed by atoms with Gasteiger partial charge in [-0.1, -0.05) is 25.1 Å². The van der Waals surface area contributed by atoms with Gasteiger partial charge >= 0.3 is 0 Å². The van der Waals surface area contributed by atoms with E-state index in [2.05, 4.69) is 36.3 Å². The van der Waals surface area contributed by atoms with Crippen molar-refractivity contribution in [1.29, 1.82) is 0 Å². The van der Waals surface area contributed by atoms with Crippen molar-refractivity contribution in [2.75, 3.05) is 0 Å². The lowest BCUT2D eigenvalue weighted by atomic mass is 10.1. The Morgan fingerprint density at radius 1 is 1.35 bits per heavy atom. The summed E-state index contributed by atoms with van der Waals surface area (Å²) in [5, 5.41) is 5.87. The molecule has 2 aromatic rings. The van der Waals surface area contributed by atoms with Gasteiger partial charge in [0.2, 0.25) is 0 Å². The Hall–Kier alpha value is -1.35. The maximum atomic E-state index is 5.93. The molecule has 0 saturated carbocycles. The number of para-hydroxylation sites is 1. The van der Waals surface area contributed by atoms with Crippen LogP contribution in [0.2, 0.25) is 0 Å². The molecule has 0 aliphatic rings. The lowest BCUT2D eigenvalue weighted by molar-refractivity contribution is 0.564. The summed E-state index contributed by atoms with van der Waals surface area (Å²) in [5.41, 5.74) is 8.34. The molecule has 1 atom stereocenters. The van der Waals surface area contributed by atoms with Crippen molar-refractivity contribution in [3.05, 3.63) is 30.0 Å². The van der Waals surface area contributed by atoms with Crippen LogP contribution < -0.4 is 5.73 Å². The second-order valence-electron chi connectivity index (χ2n) is 4.65. The number of benzene rings is 1. The predicted molar refractivity (Wildman–Crippen MR) is 71.9 cm³/mol. The first-order valence-electron chi connectivity index (χ1n) is 6.38. The van der Waals surface area contributed by atoms with E-state index in [-0.39, 0.29) is 0 Å². The predicted octanol–water partition coefficient (Wildman–Crippen LogP) is 2.63. The third kappa shape index (κ3) is 2.67. The molecule has 0 saturated heterocycles. The molecule has 2 N–H and O–H groups in total. The Kier molecular flexibility index (Phi) is 3.79.